The quantitative estimate of drug-likeness (QED) is 0.616. The predicted octanol–water partition coefficient (Wildman–Crippen LogP) is 3.21. The summed E-state index contributed by atoms with van der Waals surface area (Å²) in [5.74, 6) is 0.898. The third kappa shape index (κ3) is 1.89. The molecule has 1 aromatic carbocycles. The molecule has 19 heavy (non-hydrogen) atoms. The number of ether oxygens (including phenoxy) is 1. The second-order valence-corrected chi connectivity index (χ2v) is 5.67. The first-order chi connectivity index (χ1) is 9.22. The summed E-state index contributed by atoms with van der Waals surface area (Å²) in [5.41, 5.74) is 4.98. The lowest BCUT2D eigenvalue weighted by atomic mass is 9.82. The van der Waals surface area contributed by atoms with Gasteiger partial charge in [-0.3, -0.25) is 0 Å². The highest BCUT2D eigenvalue weighted by Gasteiger charge is 2.48. The molecule has 0 N–H and O–H groups in total. The van der Waals surface area contributed by atoms with Crippen molar-refractivity contribution < 1.29 is 9.53 Å². The Hall–Kier alpha value is -1.60. The highest BCUT2D eigenvalue weighted by atomic mass is 16.5. The number of hydrogen-bond donors (Lipinski definition) is 0. The zero-order valence-electron chi connectivity index (χ0n) is 11.6. The van der Waals surface area contributed by atoms with Gasteiger partial charge in [-0.1, -0.05) is 0 Å². The van der Waals surface area contributed by atoms with E-state index in [-0.39, 0.29) is 5.54 Å². The third-order valence-corrected chi connectivity index (χ3v) is 4.51. The maximum absolute atomic E-state index is 10.7. The number of rotatable bonds is 3. The van der Waals surface area contributed by atoms with Crippen LogP contribution in [0.4, 0.5) is 0 Å². The van der Waals surface area contributed by atoms with Crippen molar-refractivity contribution in [1.82, 2.24) is 0 Å². The van der Waals surface area contributed by atoms with Crippen LogP contribution < -0.4 is 4.74 Å². The molecule has 0 atom stereocenters. The molecular formula is C16H19NO2. The van der Waals surface area contributed by atoms with Crippen molar-refractivity contribution in [2.24, 2.45) is 4.99 Å². The lowest BCUT2D eigenvalue weighted by molar-refractivity contribution is 0.401. The van der Waals surface area contributed by atoms with Crippen molar-refractivity contribution in [2.45, 2.75) is 51.0 Å². The maximum Gasteiger partial charge on any atom is 0.235 e. The Morgan fingerprint density at radius 2 is 1.95 bits per heavy atom. The molecule has 1 saturated carbocycles. The lowest BCUT2D eigenvalue weighted by Gasteiger charge is -2.26. The molecule has 1 aromatic rings. The van der Waals surface area contributed by atoms with Crippen LogP contribution in [-0.4, -0.2) is 13.2 Å². The van der Waals surface area contributed by atoms with Gasteiger partial charge in [0, 0.05) is 5.56 Å². The standard InChI is InChI=1S/C16H19NO2/c1-11-9-14(19-2)15(16(7-8-16)17-10-18)13-6-4-3-5-12(11)13/h9H,3-8H2,1-2H3. The molecule has 0 aliphatic heterocycles. The van der Waals surface area contributed by atoms with Crippen LogP contribution >= 0.6 is 0 Å². The topological polar surface area (TPSA) is 38.7 Å². The fraction of sp³-hybridized carbons (Fsp3) is 0.562. The van der Waals surface area contributed by atoms with E-state index in [1.165, 1.54) is 35.1 Å². The summed E-state index contributed by atoms with van der Waals surface area (Å²) in [4.78, 5) is 14.8. The van der Waals surface area contributed by atoms with Crippen LogP contribution in [0.3, 0.4) is 0 Å². The number of nitrogens with zero attached hydrogens (tertiary/aromatic N) is 1. The molecule has 1 fully saturated rings. The van der Waals surface area contributed by atoms with Crippen molar-refractivity contribution in [1.29, 1.82) is 0 Å². The van der Waals surface area contributed by atoms with E-state index in [9.17, 15) is 4.79 Å². The Bertz CT molecular complexity index is 567. The minimum absolute atomic E-state index is 0.331. The second kappa shape index (κ2) is 4.50. The van der Waals surface area contributed by atoms with Gasteiger partial charge in [-0.05, 0) is 68.2 Å². The van der Waals surface area contributed by atoms with Gasteiger partial charge in [0.15, 0.2) is 0 Å². The molecule has 100 valence electrons. The van der Waals surface area contributed by atoms with E-state index in [0.29, 0.717) is 0 Å². The molecule has 3 rings (SSSR count). The van der Waals surface area contributed by atoms with E-state index in [1.54, 1.807) is 13.2 Å². The zero-order chi connectivity index (χ0) is 13.5. The van der Waals surface area contributed by atoms with Crippen LogP contribution in [0.1, 0.15) is 47.9 Å². The Balaban J connectivity index is 2.24. The molecular weight excluding hydrogens is 238 g/mol. The fourth-order valence-electron chi connectivity index (χ4n) is 3.42. The Morgan fingerprint density at radius 3 is 2.53 bits per heavy atom. The van der Waals surface area contributed by atoms with Gasteiger partial charge in [0.1, 0.15) is 11.3 Å². The van der Waals surface area contributed by atoms with Gasteiger partial charge >= 0.3 is 0 Å². The smallest absolute Gasteiger partial charge is 0.235 e. The summed E-state index contributed by atoms with van der Waals surface area (Å²) < 4.78 is 5.58. The number of hydrogen-bond acceptors (Lipinski definition) is 3. The summed E-state index contributed by atoms with van der Waals surface area (Å²) in [5, 5.41) is 0. The Morgan fingerprint density at radius 1 is 1.26 bits per heavy atom. The number of aryl methyl sites for hydroxylation is 1. The number of fused-ring (bicyclic) bond motifs is 1. The molecule has 3 heteroatoms. The van der Waals surface area contributed by atoms with E-state index < -0.39 is 0 Å². The second-order valence-electron chi connectivity index (χ2n) is 5.67. The summed E-state index contributed by atoms with van der Waals surface area (Å²) >= 11 is 0. The van der Waals surface area contributed by atoms with Gasteiger partial charge in [0.2, 0.25) is 6.08 Å². The first-order valence-corrected chi connectivity index (χ1v) is 7.01. The molecule has 0 spiro atoms. The van der Waals surface area contributed by atoms with Gasteiger partial charge in [-0.2, -0.15) is 4.99 Å². The predicted molar refractivity (Wildman–Crippen MR) is 73.4 cm³/mol. The molecule has 0 unspecified atom stereocenters. The van der Waals surface area contributed by atoms with E-state index in [0.717, 1.165) is 31.4 Å². The number of aliphatic imine (C=N–C) groups is 1. The van der Waals surface area contributed by atoms with Gasteiger partial charge in [0.25, 0.3) is 0 Å². The maximum atomic E-state index is 10.7. The highest BCUT2D eigenvalue weighted by molar-refractivity contribution is 5.57. The van der Waals surface area contributed by atoms with E-state index in [4.69, 9.17) is 4.74 Å². The molecule has 3 nitrogen and oxygen atoms in total. The van der Waals surface area contributed by atoms with Crippen molar-refractivity contribution in [3.63, 3.8) is 0 Å². The van der Waals surface area contributed by atoms with E-state index >= 15 is 0 Å². The third-order valence-electron chi connectivity index (χ3n) is 4.51. The SMILES string of the molecule is COc1cc(C)c2c(c1C1(N=C=O)CC1)CCCC2. The number of isocyanates is 1. The van der Waals surface area contributed by atoms with Crippen molar-refractivity contribution >= 4 is 6.08 Å². The molecule has 0 radical (unpaired) electrons. The average Bonchev–Trinajstić information content (AvgIpc) is 3.19. The van der Waals surface area contributed by atoms with Gasteiger partial charge in [-0.15, -0.1) is 0 Å². The monoisotopic (exact) mass is 257 g/mol. The summed E-state index contributed by atoms with van der Waals surface area (Å²) in [6.45, 7) is 2.15. The molecule has 0 saturated heterocycles. The first kappa shape index (κ1) is 12.4. The molecule has 0 amide bonds. The van der Waals surface area contributed by atoms with Crippen LogP contribution in [-0.2, 0) is 23.2 Å². The van der Waals surface area contributed by atoms with Crippen LogP contribution in [0.5, 0.6) is 5.75 Å². The molecule has 0 bridgehead atoms. The highest BCUT2D eigenvalue weighted by Crippen LogP contribution is 2.55. The number of benzene rings is 1. The van der Waals surface area contributed by atoms with E-state index in [1.807, 2.05) is 0 Å². The minimum Gasteiger partial charge on any atom is -0.496 e. The van der Waals surface area contributed by atoms with Crippen LogP contribution in [0.15, 0.2) is 11.1 Å². The minimum atomic E-state index is -0.331. The number of methoxy groups -OCH3 is 1. The summed E-state index contributed by atoms with van der Waals surface area (Å²) in [6, 6.07) is 2.11. The largest absolute Gasteiger partial charge is 0.496 e. The van der Waals surface area contributed by atoms with Crippen LogP contribution in [0.25, 0.3) is 0 Å². The molecule has 2 aliphatic carbocycles. The van der Waals surface area contributed by atoms with Gasteiger partial charge in [-0.25, -0.2) is 4.79 Å². The van der Waals surface area contributed by atoms with Gasteiger partial charge < -0.3 is 4.74 Å². The normalized spacial score (nSPS) is 19.3. The fourth-order valence-corrected chi connectivity index (χ4v) is 3.42. The molecule has 2 aliphatic rings. The van der Waals surface area contributed by atoms with Crippen molar-refractivity contribution in [2.75, 3.05) is 7.11 Å². The van der Waals surface area contributed by atoms with Gasteiger partial charge in [0.05, 0.1) is 7.11 Å². The molecule has 0 aromatic heterocycles. The van der Waals surface area contributed by atoms with Crippen molar-refractivity contribution in [3.05, 3.63) is 28.3 Å². The Kier molecular flexibility index (Phi) is 2.94. The number of carbonyl (C=O) groups excluding carboxylic acids is 1. The Labute approximate surface area is 113 Å². The van der Waals surface area contributed by atoms with E-state index in [2.05, 4.69) is 18.0 Å². The summed E-state index contributed by atoms with van der Waals surface area (Å²) in [6.07, 6.45) is 8.33. The van der Waals surface area contributed by atoms with Crippen LogP contribution in [0, 0.1) is 6.92 Å². The zero-order valence-corrected chi connectivity index (χ0v) is 11.6. The summed E-state index contributed by atoms with van der Waals surface area (Å²) in [7, 11) is 1.70. The molecule has 0 heterocycles. The first-order valence-electron chi connectivity index (χ1n) is 7.01. The van der Waals surface area contributed by atoms with Crippen LogP contribution in [0.2, 0.25) is 0 Å². The van der Waals surface area contributed by atoms with Crippen molar-refractivity contribution in [3.8, 4) is 5.75 Å². The average molecular weight is 257 g/mol. The lowest BCUT2D eigenvalue weighted by Crippen LogP contribution is -2.15.